The zero-order chi connectivity index (χ0) is 15.2. The minimum absolute atomic E-state index is 0.0454. The van der Waals surface area contributed by atoms with Gasteiger partial charge in [0.15, 0.2) is 0 Å². The lowest BCUT2D eigenvalue weighted by atomic mass is 10.3. The van der Waals surface area contributed by atoms with Crippen molar-refractivity contribution in [1.29, 1.82) is 0 Å². The van der Waals surface area contributed by atoms with Gasteiger partial charge in [-0.25, -0.2) is 8.42 Å². The molecular formula is C13H19Cl2NO3S. The van der Waals surface area contributed by atoms with Crippen molar-refractivity contribution in [2.24, 2.45) is 5.92 Å². The van der Waals surface area contributed by atoms with Crippen molar-refractivity contribution in [3.63, 3.8) is 0 Å². The number of hydrogen-bond donors (Lipinski definition) is 1. The molecule has 1 aromatic carbocycles. The molecule has 0 aliphatic carbocycles. The molecule has 20 heavy (non-hydrogen) atoms. The molecule has 114 valence electrons. The van der Waals surface area contributed by atoms with Crippen molar-refractivity contribution in [3.8, 4) is 5.75 Å². The average Bonchev–Trinajstić information content (AvgIpc) is 2.36. The second-order valence-corrected chi connectivity index (χ2v) is 7.14. The van der Waals surface area contributed by atoms with E-state index in [1.165, 1.54) is 6.07 Å². The molecule has 0 aliphatic rings. The Morgan fingerprint density at radius 1 is 1.40 bits per heavy atom. The fraction of sp³-hybridized carbons (Fsp3) is 0.538. The van der Waals surface area contributed by atoms with E-state index < -0.39 is 10.0 Å². The lowest BCUT2D eigenvalue weighted by Gasteiger charge is -2.15. The highest BCUT2D eigenvalue weighted by Gasteiger charge is 2.17. The lowest BCUT2D eigenvalue weighted by molar-refractivity contribution is 0.319. The molecular weight excluding hydrogens is 321 g/mol. The third-order valence-corrected chi connectivity index (χ3v) is 4.74. The molecule has 1 unspecified atom stereocenters. The van der Waals surface area contributed by atoms with Crippen molar-refractivity contribution >= 4 is 38.9 Å². The van der Waals surface area contributed by atoms with Gasteiger partial charge >= 0.3 is 0 Å². The number of rotatable bonds is 8. The molecule has 1 aromatic rings. The molecule has 4 nitrogen and oxygen atoms in total. The van der Waals surface area contributed by atoms with Crippen LogP contribution in [0.3, 0.4) is 0 Å². The number of anilines is 1. The van der Waals surface area contributed by atoms with Crippen LogP contribution >= 0.6 is 23.2 Å². The van der Waals surface area contributed by atoms with Gasteiger partial charge in [0, 0.05) is 10.9 Å². The molecule has 7 heteroatoms. The second-order valence-electron chi connectivity index (χ2n) is 4.63. The normalized spacial score (nSPS) is 13.0. The molecule has 0 spiro atoms. The van der Waals surface area contributed by atoms with Crippen LogP contribution in [-0.2, 0) is 10.0 Å². The van der Waals surface area contributed by atoms with E-state index in [0.29, 0.717) is 23.1 Å². The highest BCUT2D eigenvalue weighted by atomic mass is 35.5. The summed E-state index contributed by atoms with van der Waals surface area (Å²) in [4.78, 5) is 0. The van der Waals surface area contributed by atoms with Crippen LogP contribution in [-0.4, -0.2) is 26.7 Å². The molecule has 0 radical (unpaired) electrons. The minimum Gasteiger partial charge on any atom is -0.491 e. The van der Waals surface area contributed by atoms with Crippen LogP contribution in [0.1, 0.15) is 20.3 Å². The van der Waals surface area contributed by atoms with Crippen molar-refractivity contribution in [3.05, 3.63) is 23.2 Å². The molecule has 0 aromatic heterocycles. The van der Waals surface area contributed by atoms with Gasteiger partial charge in [-0.3, -0.25) is 4.72 Å². The molecule has 0 heterocycles. The largest absolute Gasteiger partial charge is 0.491 e. The van der Waals surface area contributed by atoms with Crippen LogP contribution in [0.15, 0.2) is 18.2 Å². The van der Waals surface area contributed by atoms with Gasteiger partial charge in [0.1, 0.15) is 5.75 Å². The van der Waals surface area contributed by atoms with Crippen molar-refractivity contribution in [2.75, 3.05) is 23.0 Å². The van der Waals surface area contributed by atoms with Crippen molar-refractivity contribution in [1.82, 2.24) is 0 Å². The van der Waals surface area contributed by atoms with Crippen molar-refractivity contribution < 1.29 is 13.2 Å². The zero-order valence-electron chi connectivity index (χ0n) is 11.5. The maximum absolute atomic E-state index is 12.0. The van der Waals surface area contributed by atoms with Crippen LogP contribution < -0.4 is 9.46 Å². The molecule has 1 rings (SSSR count). The summed E-state index contributed by atoms with van der Waals surface area (Å²) in [6.45, 7) is 4.26. The molecule has 0 amide bonds. The van der Waals surface area contributed by atoms with E-state index >= 15 is 0 Å². The van der Waals surface area contributed by atoms with Gasteiger partial charge in [-0.05, 0) is 30.5 Å². The summed E-state index contributed by atoms with van der Waals surface area (Å²) < 4.78 is 32.1. The van der Waals surface area contributed by atoms with Gasteiger partial charge in [-0.1, -0.05) is 25.4 Å². The number of nitrogens with one attached hydrogen (secondary N) is 1. The fourth-order valence-electron chi connectivity index (χ4n) is 1.55. The molecule has 0 saturated carbocycles. The molecule has 1 atom stereocenters. The molecule has 1 N–H and O–H groups in total. The maximum atomic E-state index is 12.0. The van der Waals surface area contributed by atoms with Crippen LogP contribution in [0.2, 0.25) is 5.02 Å². The first-order valence-electron chi connectivity index (χ1n) is 6.36. The SMILES string of the molecule is CCCOc1ccc(Cl)cc1NS(=O)(=O)CC(C)CCl. The van der Waals surface area contributed by atoms with Gasteiger partial charge in [0.2, 0.25) is 10.0 Å². The number of ether oxygens (including phenoxy) is 1. The van der Waals surface area contributed by atoms with Crippen LogP contribution in [0, 0.1) is 5.92 Å². The summed E-state index contributed by atoms with van der Waals surface area (Å²) in [5.41, 5.74) is 0.354. The first-order valence-corrected chi connectivity index (χ1v) is 8.93. The Hall–Kier alpha value is -0.650. The fourth-order valence-corrected chi connectivity index (χ4v) is 3.40. The quantitative estimate of drug-likeness (QED) is 0.734. The molecule has 0 fully saturated rings. The van der Waals surface area contributed by atoms with Crippen molar-refractivity contribution in [2.45, 2.75) is 20.3 Å². The third-order valence-electron chi connectivity index (χ3n) is 2.44. The first-order chi connectivity index (χ1) is 9.38. The number of hydrogen-bond acceptors (Lipinski definition) is 3. The predicted molar refractivity (Wildman–Crippen MR) is 84.5 cm³/mol. The predicted octanol–water partition coefficient (Wildman–Crippen LogP) is 3.75. The van der Waals surface area contributed by atoms with Gasteiger partial charge in [0.05, 0.1) is 18.0 Å². The van der Waals surface area contributed by atoms with Crippen LogP contribution in [0.4, 0.5) is 5.69 Å². The molecule has 0 saturated heterocycles. The monoisotopic (exact) mass is 339 g/mol. The zero-order valence-corrected chi connectivity index (χ0v) is 13.9. The van der Waals surface area contributed by atoms with E-state index in [9.17, 15) is 8.42 Å². The molecule has 0 aliphatic heterocycles. The second kappa shape index (κ2) is 7.96. The smallest absolute Gasteiger partial charge is 0.233 e. The summed E-state index contributed by atoms with van der Waals surface area (Å²) >= 11 is 11.5. The Morgan fingerprint density at radius 2 is 2.10 bits per heavy atom. The highest BCUT2D eigenvalue weighted by molar-refractivity contribution is 7.92. The van der Waals surface area contributed by atoms with E-state index in [2.05, 4.69) is 4.72 Å². The van der Waals surface area contributed by atoms with E-state index in [-0.39, 0.29) is 17.6 Å². The van der Waals surface area contributed by atoms with Gasteiger partial charge in [0.25, 0.3) is 0 Å². The van der Waals surface area contributed by atoms with Gasteiger partial charge < -0.3 is 4.74 Å². The maximum Gasteiger partial charge on any atom is 0.233 e. The van der Waals surface area contributed by atoms with Gasteiger partial charge in [-0.15, -0.1) is 11.6 Å². The Bertz CT molecular complexity index is 534. The topological polar surface area (TPSA) is 55.4 Å². The summed E-state index contributed by atoms with van der Waals surface area (Å²) in [5.74, 6) is 0.581. The van der Waals surface area contributed by atoms with E-state index in [4.69, 9.17) is 27.9 Å². The Balaban J connectivity index is 2.92. The first kappa shape index (κ1) is 17.4. The summed E-state index contributed by atoms with van der Waals surface area (Å²) in [7, 11) is -3.48. The Kier molecular flexibility index (Phi) is 6.92. The summed E-state index contributed by atoms with van der Waals surface area (Å²) in [6, 6.07) is 4.85. The van der Waals surface area contributed by atoms with Crippen LogP contribution in [0.5, 0.6) is 5.75 Å². The van der Waals surface area contributed by atoms with Crippen LogP contribution in [0.25, 0.3) is 0 Å². The standard InChI is InChI=1S/C13H19Cl2NO3S/c1-3-6-19-13-5-4-11(15)7-12(13)16-20(17,18)9-10(2)8-14/h4-5,7,10,16H,3,6,8-9H2,1-2H3. The highest BCUT2D eigenvalue weighted by Crippen LogP contribution is 2.29. The van der Waals surface area contributed by atoms with E-state index in [0.717, 1.165) is 6.42 Å². The number of benzene rings is 1. The number of alkyl halides is 1. The van der Waals surface area contributed by atoms with E-state index in [1.807, 2.05) is 6.92 Å². The number of halogens is 2. The number of sulfonamides is 1. The summed E-state index contributed by atoms with van der Waals surface area (Å²) in [5, 5.41) is 0.442. The third kappa shape index (κ3) is 5.77. The minimum atomic E-state index is -3.48. The van der Waals surface area contributed by atoms with Gasteiger partial charge in [-0.2, -0.15) is 0 Å². The lowest BCUT2D eigenvalue weighted by Crippen LogP contribution is -2.22. The average molecular weight is 340 g/mol. The summed E-state index contributed by atoms with van der Waals surface area (Å²) in [6.07, 6.45) is 0.831. The van der Waals surface area contributed by atoms with E-state index in [1.54, 1.807) is 19.1 Å². The molecule has 0 bridgehead atoms. The Labute approximate surface area is 130 Å². The Morgan fingerprint density at radius 3 is 2.70 bits per heavy atom.